The molecule has 0 saturated heterocycles. The Morgan fingerprint density at radius 2 is 1.80 bits per heavy atom. The van der Waals surface area contributed by atoms with E-state index in [4.69, 9.17) is 4.74 Å². The molecule has 2 radical (unpaired) electrons. The van der Waals surface area contributed by atoms with Crippen LogP contribution in [0.3, 0.4) is 0 Å². The van der Waals surface area contributed by atoms with Crippen molar-refractivity contribution < 1.29 is 4.74 Å². The highest BCUT2D eigenvalue weighted by Gasteiger charge is 1.96. The molecule has 2 aromatic rings. The van der Waals surface area contributed by atoms with Crippen LogP contribution >= 0.6 is 0 Å². The van der Waals surface area contributed by atoms with Crippen molar-refractivity contribution in [3.8, 4) is 0 Å². The SMILES string of the molecule is [C](OCc1ccccc1)c1ccccn1. The van der Waals surface area contributed by atoms with Crippen molar-refractivity contribution in [2.24, 2.45) is 0 Å². The first kappa shape index (κ1) is 9.87. The van der Waals surface area contributed by atoms with Crippen LogP contribution in [0.1, 0.15) is 11.3 Å². The lowest BCUT2D eigenvalue weighted by Gasteiger charge is -2.01. The van der Waals surface area contributed by atoms with Gasteiger partial charge in [-0.25, -0.2) is 0 Å². The van der Waals surface area contributed by atoms with Crippen LogP contribution in [0.15, 0.2) is 54.7 Å². The summed E-state index contributed by atoms with van der Waals surface area (Å²) < 4.78 is 5.29. The molecule has 2 rings (SSSR count). The van der Waals surface area contributed by atoms with Gasteiger partial charge in [-0.05, 0) is 17.7 Å². The average molecular weight is 197 g/mol. The van der Waals surface area contributed by atoms with Crippen molar-refractivity contribution in [2.45, 2.75) is 6.61 Å². The number of rotatable bonds is 4. The summed E-state index contributed by atoms with van der Waals surface area (Å²) in [6.07, 6.45) is 1.72. The van der Waals surface area contributed by atoms with Crippen LogP contribution in [-0.4, -0.2) is 4.98 Å². The molecule has 0 fully saturated rings. The van der Waals surface area contributed by atoms with Gasteiger partial charge in [0, 0.05) is 6.20 Å². The second kappa shape index (κ2) is 5.27. The molecule has 74 valence electrons. The van der Waals surface area contributed by atoms with Crippen LogP contribution in [0.5, 0.6) is 0 Å². The Labute approximate surface area is 89.6 Å². The Morgan fingerprint density at radius 1 is 1.00 bits per heavy atom. The van der Waals surface area contributed by atoms with Crippen molar-refractivity contribution in [1.29, 1.82) is 0 Å². The number of ether oxygens (including phenoxy) is 1. The van der Waals surface area contributed by atoms with E-state index in [1.807, 2.05) is 48.5 Å². The van der Waals surface area contributed by atoms with Crippen LogP contribution < -0.4 is 0 Å². The molecule has 0 atom stereocenters. The maximum atomic E-state index is 5.29. The highest BCUT2D eigenvalue weighted by atomic mass is 16.5. The largest absolute Gasteiger partial charge is 0.357 e. The van der Waals surface area contributed by atoms with Crippen LogP contribution in [0, 0.1) is 6.61 Å². The molecule has 0 N–H and O–H groups in total. The molecule has 0 amide bonds. The fourth-order valence-electron chi connectivity index (χ4n) is 1.19. The van der Waals surface area contributed by atoms with E-state index in [1.54, 1.807) is 6.20 Å². The van der Waals surface area contributed by atoms with Gasteiger partial charge >= 0.3 is 0 Å². The summed E-state index contributed by atoms with van der Waals surface area (Å²) >= 11 is 0. The standard InChI is InChI=1S/C13H11NO/c1-2-6-12(7-3-1)10-15-11-13-8-4-5-9-14-13/h1-9H,10H2. The van der Waals surface area contributed by atoms with Gasteiger partial charge in [0.2, 0.25) is 0 Å². The number of pyridine rings is 1. The average Bonchev–Trinajstić information content (AvgIpc) is 2.32. The number of benzene rings is 1. The quantitative estimate of drug-likeness (QED) is 0.751. The molecule has 0 unspecified atom stereocenters. The fourth-order valence-corrected chi connectivity index (χ4v) is 1.19. The molecule has 1 aromatic carbocycles. The van der Waals surface area contributed by atoms with Gasteiger partial charge in [0.05, 0.1) is 12.3 Å². The summed E-state index contributed by atoms with van der Waals surface area (Å²) in [4.78, 5) is 4.07. The smallest absolute Gasteiger partial charge is 0.186 e. The summed E-state index contributed by atoms with van der Waals surface area (Å²) in [7, 11) is 0. The summed E-state index contributed by atoms with van der Waals surface area (Å²) in [5.41, 5.74) is 1.84. The maximum absolute atomic E-state index is 5.29. The Hall–Kier alpha value is -1.67. The van der Waals surface area contributed by atoms with E-state index in [9.17, 15) is 0 Å². The number of hydrogen-bond acceptors (Lipinski definition) is 2. The molecule has 1 aromatic heterocycles. The van der Waals surface area contributed by atoms with Crippen molar-refractivity contribution in [1.82, 2.24) is 4.98 Å². The zero-order chi connectivity index (χ0) is 10.3. The highest BCUT2D eigenvalue weighted by molar-refractivity contribution is 5.14. The molecule has 0 aliphatic heterocycles. The van der Waals surface area contributed by atoms with Crippen molar-refractivity contribution in [2.75, 3.05) is 0 Å². The van der Waals surface area contributed by atoms with E-state index in [-0.39, 0.29) is 0 Å². The predicted octanol–water partition coefficient (Wildman–Crippen LogP) is 2.69. The molecule has 1 heterocycles. The van der Waals surface area contributed by atoms with Crippen molar-refractivity contribution in [3.05, 3.63) is 72.6 Å². The lowest BCUT2D eigenvalue weighted by atomic mass is 10.2. The second-order valence-electron chi connectivity index (χ2n) is 3.09. The molecule has 0 saturated carbocycles. The minimum Gasteiger partial charge on any atom is -0.357 e. The Morgan fingerprint density at radius 3 is 2.53 bits per heavy atom. The zero-order valence-electron chi connectivity index (χ0n) is 8.26. The van der Waals surface area contributed by atoms with Gasteiger partial charge in [0.25, 0.3) is 0 Å². The Bertz CT molecular complexity index is 346. The third-order valence-corrected chi connectivity index (χ3v) is 1.92. The van der Waals surface area contributed by atoms with Gasteiger partial charge in [-0.2, -0.15) is 0 Å². The molecule has 2 nitrogen and oxygen atoms in total. The zero-order valence-corrected chi connectivity index (χ0v) is 8.26. The first-order valence-electron chi connectivity index (χ1n) is 4.78. The maximum Gasteiger partial charge on any atom is 0.186 e. The summed E-state index contributed by atoms with van der Waals surface area (Å²) in [5, 5.41) is 0. The third-order valence-electron chi connectivity index (χ3n) is 1.92. The Balaban J connectivity index is 1.81. The van der Waals surface area contributed by atoms with Gasteiger partial charge in [0.15, 0.2) is 6.61 Å². The predicted molar refractivity (Wildman–Crippen MR) is 57.8 cm³/mol. The number of aromatic nitrogens is 1. The topological polar surface area (TPSA) is 22.1 Å². The molecule has 0 bridgehead atoms. The lowest BCUT2D eigenvalue weighted by Crippen LogP contribution is -1.93. The van der Waals surface area contributed by atoms with E-state index in [2.05, 4.69) is 11.6 Å². The highest BCUT2D eigenvalue weighted by Crippen LogP contribution is 2.04. The molecule has 2 heteroatoms. The van der Waals surface area contributed by atoms with Gasteiger partial charge in [-0.1, -0.05) is 36.4 Å². The van der Waals surface area contributed by atoms with Crippen LogP contribution in [0.25, 0.3) is 0 Å². The van der Waals surface area contributed by atoms with Gasteiger partial charge in [0.1, 0.15) is 0 Å². The molecular formula is C13H11NO. The lowest BCUT2D eigenvalue weighted by molar-refractivity contribution is 0.197. The number of nitrogens with zero attached hydrogens (tertiary/aromatic N) is 1. The van der Waals surface area contributed by atoms with E-state index < -0.39 is 0 Å². The fraction of sp³-hybridized carbons (Fsp3) is 0.0769. The third kappa shape index (κ3) is 3.18. The van der Waals surface area contributed by atoms with E-state index in [0.717, 1.165) is 5.56 Å². The first-order chi connectivity index (χ1) is 7.45. The normalized spacial score (nSPS) is 10.1. The van der Waals surface area contributed by atoms with Crippen LogP contribution in [0.4, 0.5) is 0 Å². The van der Waals surface area contributed by atoms with Crippen LogP contribution in [-0.2, 0) is 11.3 Å². The first-order valence-corrected chi connectivity index (χ1v) is 4.78. The molecule has 0 spiro atoms. The number of hydrogen-bond donors (Lipinski definition) is 0. The van der Waals surface area contributed by atoms with E-state index >= 15 is 0 Å². The van der Waals surface area contributed by atoms with Crippen LogP contribution in [0.2, 0.25) is 0 Å². The summed E-state index contributed by atoms with van der Waals surface area (Å²) in [6.45, 7) is 3.31. The summed E-state index contributed by atoms with van der Waals surface area (Å²) in [6, 6.07) is 15.6. The van der Waals surface area contributed by atoms with E-state index in [1.165, 1.54) is 0 Å². The molecule has 0 aliphatic carbocycles. The van der Waals surface area contributed by atoms with Crippen molar-refractivity contribution in [3.63, 3.8) is 0 Å². The van der Waals surface area contributed by atoms with Crippen molar-refractivity contribution >= 4 is 0 Å². The minimum absolute atomic E-state index is 0.525. The van der Waals surface area contributed by atoms with E-state index in [0.29, 0.717) is 12.3 Å². The second-order valence-corrected chi connectivity index (χ2v) is 3.09. The monoisotopic (exact) mass is 197 g/mol. The van der Waals surface area contributed by atoms with Gasteiger partial charge < -0.3 is 4.74 Å². The minimum atomic E-state index is 0.525. The molecule has 0 aliphatic rings. The molecular weight excluding hydrogens is 186 g/mol. The van der Waals surface area contributed by atoms with Gasteiger partial charge in [-0.15, -0.1) is 0 Å². The molecule has 15 heavy (non-hydrogen) atoms. The Kier molecular flexibility index (Phi) is 3.47. The summed E-state index contributed by atoms with van der Waals surface area (Å²) in [5.74, 6) is 0. The van der Waals surface area contributed by atoms with Gasteiger partial charge in [-0.3, -0.25) is 4.98 Å².